The Bertz CT molecular complexity index is 343. The van der Waals surface area contributed by atoms with Gasteiger partial charge in [-0.2, -0.15) is 42.3 Å². The summed E-state index contributed by atoms with van der Waals surface area (Å²) in [6.07, 6.45) is 0. The molecule has 0 unspecified atom stereocenters. The van der Waals surface area contributed by atoms with Crippen LogP contribution in [0.15, 0.2) is 0 Å². The molecule has 0 saturated heterocycles. The first-order valence-electron chi connectivity index (χ1n) is 15.8. The van der Waals surface area contributed by atoms with Gasteiger partial charge in [-0.05, 0) is 0 Å². The standard InChI is InChI=1S/8C4H9.2Al.Mg/c8*1-4(2)3;;;/h8*4H,1H2,2-3H3;;;/q;;;;;;;;2*-1;+2. The van der Waals surface area contributed by atoms with Crippen molar-refractivity contribution in [1.82, 2.24) is 0 Å². The van der Waals surface area contributed by atoms with Crippen molar-refractivity contribution < 1.29 is 0 Å². The fourth-order valence-electron chi connectivity index (χ4n) is 9.15. The zero-order valence-electron chi connectivity index (χ0n) is 28.1. The molecule has 0 spiro atoms. The van der Waals surface area contributed by atoms with Crippen LogP contribution in [0.5, 0.6) is 0 Å². The second-order valence-corrected chi connectivity index (χ2v) is 27.2. The van der Waals surface area contributed by atoms with Crippen LogP contribution in [0.1, 0.15) is 111 Å². The summed E-state index contributed by atoms with van der Waals surface area (Å²) in [5, 5.41) is 12.6. The molecule has 0 saturated carbocycles. The van der Waals surface area contributed by atoms with Gasteiger partial charge in [-0.15, -0.1) is 0 Å². The fourth-order valence-corrected chi connectivity index (χ4v) is 27.5. The van der Waals surface area contributed by atoms with Gasteiger partial charge in [-0.25, -0.2) is 0 Å². The van der Waals surface area contributed by atoms with Gasteiger partial charge in [0.1, 0.15) is 26.2 Å². The largest absolute Gasteiger partial charge is 2.00 e. The molecule has 0 aromatic carbocycles. The van der Waals surface area contributed by atoms with E-state index in [-0.39, 0.29) is 23.1 Å². The van der Waals surface area contributed by atoms with E-state index in [1.54, 1.807) is 42.3 Å². The molecule has 0 fully saturated rings. The molecule has 0 bridgehead atoms. The van der Waals surface area contributed by atoms with E-state index >= 15 is 0 Å². The maximum atomic E-state index is 2.43. The van der Waals surface area contributed by atoms with Gasteiger partial charge >= 0.3 is 23.1 Å². The topological polar surface area (TPSA) is 0 Å². The summed E-state index contributed by atoms with van der Waals surface area (Å²) in [6.45, 7) is 38.8. The molecule has 3 heteroatoms. The van der Waals surface area contributed by atoms with E-state index in [0.29, 0.717) is 0 Å². The van der Waals surface area contributed by atoms with E-state index < -0.39 is 26.2 Å². The molecule has 0 atom stereocenters. The van der Waals surface area contributed by atoms with Crippen molar-refractivity contribution in [2.75, 3.05) is 0 Å². The van der Waals surface area contributed by atoms with Crippen molar-refractivity contribution in [3.8, 4) is 0 Å². The molecule has 35 heavy (non-hydrogen) atoms. The van der Waals surface area contributed by atoms with E-state index in [9.17, 15) is 0 Å². The number of rotatable bonds is 16. The predicted molar refractivity (Wildman–Crippen MR) is 174 cm³/mol. The minimum absolute atomic E-state index is 0. The first-order valence-corrected chi connectivity index (χ1v) is 22.3. The average Bonchev–Trinajstić information content (AvgIpc) is 2.48. The molecule has 0 heterocycles. The molecule has 0 aliphatic heterocycles. The summed E-state index contributed by atoms with van der Waals surface area (Å²) in [4.78, 5) is 0. The Hall–Kier alpha value is 1.83. The SMILES string of the molecule is CC(C)[CH2][Al-]([CH2]C(C)C)([CH2]C(C)C)[CH2]C(C)C.CC(C)[CH2][Al-]([CH2]C(C)C)([CH2]C(C)C)[CH2]C(C)C.[Mg+2]. The van der Waals surface area contributed by atoms with Crippen LogP contribution in [0.3, 0.4) is 0 Å². The molecule has 0 aromatic rings. The van der Waals surface area contributed by atoms with Crippen molar-refractivity contribution in [2.45, 2.75) is 153 Å². The van der Waals surface area contributed by atoms with E-state index in [2.05, 4.69) is 111 Å². The van der Waals surface area contributed by atoms with Crippen molar-refractivity contribution in [3.05, 3.63) is 0 Å². The summed E-state index contributed by atoms with van der Waals surface area (Å²) in [6, 6.07) is 0. The van der Waals surface area contributed by atoms with Crippen LogP contribution >= 0.6 is 0 Å². The Labute approximate surface area is 247 Å². The molecule has 208 valence electrons. The Kier molecular flexibility index (Phi) is 24.4. The van der Waals surface area contributed by atoms with Crippen LogP contribution in [0.2, 0.25) is 42.3 Å². The number of hydrogen-bond acceptors (Lipinski definition) is 0. The average molecular weight is 535 g/mol. The molecular formula is C32H72Al2Mg. The van der Waals surface area contributed by atoms with Gasteiger partial charge in [0.25, 0.3) is 0 Å². The molecular weight excluding hydrogens is 463 g/mol. The van der Waals surface area contributed by atoms with Gasteiger partial charge in [0, 0.05) is 0 Å². The van der Waals surface area contributed by atoms with Gasteiger partial charge < -0.3 is 0 Å². The molecule has 0 N–H and O–H groups in total. The van der Waals surface area contributed by atoms with Gasteiger partial charge in [-0.3, -0.25) is 0 Å². The first-order chi connectivity index (χ1) is 15.3. The fraction of sp³-hybridized carbons (Fsp3) is 1.00. The number of hydrogen-bond donors (Lipinski definition) is 0. The van der Waals surface area contributed by atoms with Crippen molar-refractivity contribution in [1.29, 1.82) is 0 Å². The van der Waals surface area contributed by atoms with E-state index in [1.807, 2.05) is 0 Å². The Balaban J connectivity index is -0.000000569. The summed E-state index contributed by atoms with van der Waals surface area (Å²) in [5.74, 6) is 7.19. The third-order valence-electron chi connectivity index (χ3n) is 7.77. The van der Waals surface area contributed by atoms with Crippen molar-refractivity contribution >= 4 is 49.2 Å². The van der Waals surface area contributed by atoms with Crippen molar-refractivity contribution in [2.24, 2.45) is 47.3 Å². The van der Waals surface area contributed by atoms with Crippen LogP contribution in [-0.4, -0.2) is 49.2 Å². The minimum atomic E-state index is -1.38. The second-order valence-electron chi connectivity index (χ2n) is 16.5. The van der Waals surface area contributed by atoms with E-state index in [1.165, 1.54) is 0 Å². The van der Waals surface area contributed by atoms with E-state index in [4.69, 9.17) is 0 Å². The van der Waals surface area contributed by atoms with Crippen LogP contribution < -0.4 is 0 Å². The predicted octanol–water partition coefficient (Wildman–Crippen LogP) is 11.7. The maximum Gasteiger partial charge on any atom is 2.00 e. The smallest absolute Gasteiger partial charge is 0.189 e. The molecule has 0 aliphatic rings. The molecule has 0 rings (SSSR count). The quantitative estimate of drug-likeness (QED) is 0.173. The van der Waals surface area contributed by atoms with Crippen molar-refractivity contribution in [3.63, 3.8) is 0 Å². The van der Waals surface area contributed by atoms with Crippen LogP contribution in [0, 0.1) is 47.3 Å². The Morgan fingerprint density at radius 3 is 0.400 bits per heavy atom. The van der Waals surface area contributed by atoms with Gasteiger partial charge in [0.15, 0.2) is 0 Å². The first kappa shape index (κ1) is 41.3. The van der Waals surface area contributed by atoms with Gasteiger partial charge in [0.2, 0.25) is 0 Å². The molecule has 0 amide bonds. The zero-order chi connectivity index (χ0) is 27.3. The van der Waals surface area contributed by atoms with Crippen LogP contribution in [-0.2, 0) is 0 Å². The zero-order valence-corrected chi connectivity index (χ0v) is 31.9. The summed E-state index contributed by atoms with van der Waals surface area (Å²) >= 11 is -2.75. The molecule has 0 aromatic heterocycles. The van der Waals surface area contributed by atoms with E-state index in [0.717, 1.165) is 47.3 Å². The van der Waals surface area contributed by atoms with Gasteiger partial charge in [-0.1, -0.05) is 158 Å². The Morgan fingerprint density at radius 2 is 0.343 bits per heavy atom. The normalized spacial score (nSPS) is 13.0. The summed E-state index contributed by atoms with van der Waals surface area (Å²) < 4.78 is 0. The third kappa shape index (κ3) is 23.4. The van der Waals surface area contributed by atoms with Gasteiger partial charge in [0.05, 0.1) is 0 Å². The monoisotopic (exact) mass is 535 g/mol. The minimum Gasteiger partial charge on any atom is -0.189 e. The molecule has 0 radical (unpaired) electrons. The Morgan fingerprint density at radius 1 is 0.257 bits per heavy atom. The summed E-state index contributed by atoms with van der Waals surface area (Å²) in [7, 11) is 0. The molecule has 0 nitrogen and oxygen atoms in total. The van der Waals surface area contributed by atoms with Crippen LogP contribution in [0.25, 0.3) is 0 Å². The summed E-state index contributed by atoms with van der Waals surface area (Å²) in [5.41, 5.74) is 0. The van der Waals surface area contributed by atoms with Crippen LogP contribution in [0.4, 0.5) is 0 Å². The maximum absolute atomic E-state index is 2.43. The molecule has 0 aliphatic carbocycles. The second kappa shape index (κ2) is 20.7. The third-order valence-corrected chi connectivity index (χ3v) is 23.3.